The molecule has 1 heterocycles. The van der Waals surface area contributed by atoms with Crippen LogP contribution in [0.15, 0.2) is 36.0 Å². The van der Waals surface area contributed by atoms with Crippen molar-refractivity contribution >= 4 is 0 Å². The molecule has 5 atom stereocenters. The smallest absolute Gasteiger partial charge is 0.105 e. The van der Waals surface area contributed by atoms with Gasteiger partial charge in [0.05, 0.1) is 17.8 Å². The average molecular weight is 320 g/mol. The molecule has 0 aromatic rings. The molecule has 0 radical (unpaired) electrons. The first-order valence-electron chi connectivity index (χ1n) is 8.78. The fourth-order valence-electron chi connectivity index (χ4n) is 3.40. The maximum absolute atomic E-state index is 10.5. The molecule has 0 spiro atoms. The van der Waals surface area contributed by atoms with Gasteiger partial charge in [0.1, 0.15) is 6.10 Å². The Morgan fingerprint density at radius 3 is 2.74 bits per heavy atom. The Kier molecular flexibility index (Phi) is 5.88. The SMILES string of the molecule is C=C1CC[C@@H](C(C)C)/C=C/[C@@](C)(O)C[C@@H](O)/C=C(\C)C[C@H]2O[C@@H]12. The Morgan fingerprint density at radius 1 is 1.39 bits per heavy atom. The van der Waals surface area contributed by atoms with Crippen LogP contribution in [0.25, 0.3) is 0 Å². The average Bonchev–Trinajstić information content (AvgIpc) is 3.14. The lowest BCUT2D eigenvalue weighted by Crippen LogP contribution is -2.27. The molecule has 3 nitrogen and oxygen atoms in total. The summed E-state index contributed by atoms with van der Waals surface area (Å²) < 4.78 is 5.76. The second kappa shape index (κ2) is 7.33. The molecule has 0 unspecified atom stereocenters. The molecule has 3 heteroatoms. The Labute approximate surface area is 140 Å². The summed E-state index contributed by atoms with van der Waals surface area (Å²) in [6.45, 7) is 12.4. The summed E-state index contributed by atoms with van der Waals surface area (Å²) in [7, 11) is 0. The van der Waals surface area contributed by atoms with E-state index in [1.165, 1.54) is 5.57 Å². The van der Waals surface area contributed by atoms with Crippen molar-refractivity contribution in [3.63, 3.8) is 0 Å². The van der Waals surface area contributed by atoms with Gasteiger partial charge in [-0.05, 0) is 50.5 Å². The number of epoxide rings is 1. The number of aliphatic hydroxyl groups excluding tert-OH is 1. The zero-order chi connectivity index (χ0) is 17.2. The molecular formula is C20H32O3. The van der Waals surface area contributed by atoms with Gasteiger partial charge in [-0.2, -0.15) is 0 Å². The van der Waals surface area contributed by atoms with E-state index in [4.69, 9.17) is 4.74 Å². The molecule has 1 fully saturated rings. The van der Waals surface area contributed by atoms with E-state index in [1.807, 2.05) is 19.1 Å². The standard InChI is InChI=1S/C20H32O3/c1-13(2)16-7-6-15(4)19-18(23-19)11-14(3)10-17(21)12-20(5,22)9-8-16/h8-10,13,16-19,21-22H,4,6-7,11-12H2,1-3,5H3/b9-8+,14-10+/t16-,17+,18-,19+,20-/m1/s1. The minimum Gasteiger partial charge on any atom is -0.389 e. The van der Waals surface area contributed by atoms with Crippen LogP contribution in [0.5, 0.6) is 0 Å². The summed E-state index contributed by atoms with van der Waals surface area (Å²) in [6, 6.07) is 0. The summed E-state index contributed by atoms with van der Waals surface area (Å²) in [5.41, 5.74) is 1.28. The third kappa shape index (κ3) is 5.59. The van der Waals surface area contributed by atoms with Crippen LogP contribution < -0.4 is 0 Å². The van der Waals surface area contributed by atoms with Crippen molar-refractivity contribution in [1.82, 2.24) is 0 Å². The third-order valence-electron chi connectivity index (χ3n) is 4.96. The first kappa shape index (κ1) is 18.4. The topological polar surface area (TPSA) is 53.0 Å². The van der Waals surface area contributed by atoms with Gasteiger partial charge in [-0.25, -0.2) is 0 Å². The van der Waals surface area contributed by atoms with E-state index >= 15 is 0 Å². The Bertz CT molecular complexity index is 487. The van der Waals surface area contributed by atoms with Crippen LogP contribution in [0.3, 0.4) is 0 Å². The molecule has 1 aliphatic carbocycles. The largest absolute Gasteiger partial charge is 0.389 e. The van der Waals surface area contributed by atoms with Gasteiger partial charge in [0.2, 0.25) is 0 Å². The number of rotatable bonds is 1. The molecule has 2 aliphatic rings. The van der Waals surface area contributed by atoms with Gasteiger partial charge < -0.3 is 14.9 Å². The number of fused-ring (bicyclic) bond motifs is 1. The number of allylic oxidation sites excluding steroid dienone is 1. The molecule has 1 aliphatic heterocycles. The lowest BCUT2D eigenvalue weighted by molar-refractivity contribution is 0.0565. The van der Waals surface area contributed by atoms with Crippen molar-refractivity contribution in [3.8, 4) is 0 Å². The van der Waals surface area contributed by atoms with Crippen molar-refractivity contribution in [2.24, 2.45) is 11.8 Å². The predicted molar refractivity (Wildman–Crippen MR) is 94.1 cm³/mol. The third-order valence-corrected chi connectivity index (χ3v) is 4.96. The highest BCUT2D eigenvalue weighted by molar-refractivity contribution is 5.18. The molecule has 130 valence electrons. The van der Waals surface area contributed by atoms with E-state index in [0.717, 1.165) is 24.8 Å². The van der Waals surface area contributed by atoms with Crippen molar-refractivity contribution in [2.45, 2.75) is 77.3 Å². The van der Waals surface area contributed by atoms with Gasteiger partial charge >= 0.3 is 0 Å². The lowest BCUT2D eigenvalue weighted by atomic mass is 9.86. The molecule has 0 amide bonds. The Morgan fingerprint density at radius 2 is 2.09 bits per heavy atom. The molecule has 0 bridgehead atoms. The minimum atomic E-state index is -0.997. The van der Waals surface area contributed by atoms with Crippen molar-refractivity contribution < 1.29 is 14.9 Å². The molecule has 2 N–H and O–H groups in total. The number of ether oxygens (including phenoxy) is 1. The van der Waals surface area contributed by atoms with Gasteiger partial charge in [0, 0.05) is 6.42 Å². The Balaban J connectivity index is 2.18. The van der Waals surface area contributed by atoms with Crippen LogP contribution in [0.4, 0.5) is 0 Å². The van der Waals surface area contributed by atoms with Crippen LogP contribution in [0.2, 0.25) is 0 Å². The van der Waals surface area contributed by atoms with Gasteiger partial charge in [-0.1, -0.05) is 44.2 Å². The second-order valence-corrected chi connectivity index (χ2v) is 7.90. The molecule has 2 rings (SSSR count). The maximum Gasteiger partial charge on any atom is 0.105 e. The number of aliphatic hydroxyl groups is 2. The van der Waals surface area contributed by atoms with Crippen LogP contribution in [0, 0.1) is 11.8 Å². The number of hydrogen-bond donors (Lipinski definition) is 2. The highest BCUT2D eigenvalue weighted by atomic mass is 16.6. The van der Waals surface area contributed by atoms with Crippen molar-refractivity contribution in [2.75, 3.05) is 0 Å². The Hall–Kier alpha value is -0.900. The molecular weight excluding hydrogens is 288 g/mol. The fraction of sp³-hybridized carbons (Fsp3) is 0.700. The van der Waals surface area contributed by atoms with E-state index in [2.05, 4.69) is 26.5 Å². The van der Waals surface area contributed by atoms with E-state index in [-0.39, 0.29) is 12.2 Å². The summed E-state index contributed by atoms with van der Waals surface area (Å²) >= 11 is 0. The van der Waals surface area contributed by atoms with Crippen LogP contribution in [0.1, 0.15) is 53.4 Å². The summed E-state index contributed by atoms with van der Waals surface area (Å²) in [5, 5.41) is 20.8. The molecule has 0 saturated carbocycles. The van der Waals surface area contributed by atoms with E-state index in [0.29, 0.717) is 18.3 Å². The first-order valence-corrected chi connectivity index (χ1v) is 8.78. The summed E-state index contributed by atoms with van der Waals surface area (Å²) in [4.78, 5) is 0. The van der Waals surface area contributed by atoms with Gasteiger partial charge in [-0.15, -0.1) is 0 Å². The quantitative estimate of drug-likeness (QED) is 0.571. The molecule has 0 aromatic heterocycles. The van der Waals surface area contributed by atoms with Crippen LogP contribution in [-0.2, 0) is 4.74 Å². The minimum absolute atomic E-state index is 0.179. The maximum atomic E-state index is 10.5. The predicted octanol–water partition coefficient (Wildman–Crippen LogP) is 3.77. The molecule has 23 heavy (non-hydrogen) atoms. The summed E-state index contributed by atoms with van der Waals surface area (Å²) in [6.07, 6.45) is 8.67. The van der Waals surface area contributed by atoms with Gasteiger partial charge in [0.25, 0.3) is 0 Å². The highest BCUT2D eigenvalue weighted by Gasteiger charge is 2.40. The fourth-order valence-corrected chi connectivity index (χ4v) is 3.40. The molecule has 0 aromatic carbocycles. The summed E-state index contributed by atoms with van der Waals surface area (Å²) in [5.74, 6) is 0.901. The second-order valence-electron chi connectivity index (χ2n) is 7.90. The van der Waals surface area contributed by atoms with Crippen LogP contribution >= 0.6 is 0 Å². The highest BCUT2D eigenvalue weighted by Crippen LogP contribution is 2.36. The molecule has 1 saturated heterocycles. The van der Waals surface area contributed by atoms with Crippen LogP contribution in [-0.4, -0.2) is 34.1 Å². The van der Waals surface area contributed by atoms with E-state index in [1.54, 1.807) is 6.92 Å². The number of hydrogen-bond acceptors (Lipinski definition) is 3. The van der Waals surface area contributed by atoms with E-state index in [9.17, 15) is 10.2 Å². The van der Waals surface area contributed by atoms with Crippen molar-refractivity contribution in [1.29, 1.82) is 0 Å². The zero-order valence-electron chi connectivity index (χ0n) is 15.0. The monoisotopic (exact) mass is 320 g/mol. The zero-order valence-corrected chi connectivity index (χ0v) is 15.0. The van der Waals surface area contributed by atoms with Gasteiger partial charge in [0.15, 0.2) is 0 Å². The van der Waals surface area contributed by atoms with Crippen molar-refractivity contribution in [3.05, 3.63) is 36.0 Å². The van der Waals surface area contributed by atoms with Gasteiger partial charge in [-0.3, -0.25) is 0 Å². The van der Waals surface area contributed by atoms with E-state index < -0.39 is 11.7 Å². The first-order chi connectivity index (χ1) is 10.7. The normalized spacial score (nSPS) is 43.3. The lowest BCUT2D eigenvalue weighted by Gasteiger charge is -2.24.